The Balaban J connectivity index is 1.81. The van der Waals surface area contributed by atoms with E-state index in [4.69, 9.17) is 9.72 Å². The molecule has 0 unspecified atom stereocenters. The molecule has 1 aliphatic rings. The molecule has 1 amide bonds. The first kappa shape index (κ1) is 18.3. The number of amides is 1. The van der Waals surface area contributed by atoms with Crippen LogP contribution in [0.15, 0.2) is 30.6 Å². The lowest BCUT2D eigenvalue weighted by molar-refractivity contribution is -0.122. The normalized spacial score (nSPS) is 13.6. The van der Waals surface area contributed by atoms with Crippen LogP contribution in [0.2, 0.25) is 0 Å². The third kappa shape index (κ3) is 3.40. The second-order valence-corrected chi connectivity index (χ2v) is 7.47. The zero-order chi connectivity index (χ0) is 19.8. The Morgan fingerprint density at radius 2 is 2.14 bits per heavy atom. The molecular formula is C21H25N5O2. The van der Waals surface area contributed by atoms with Crippen LogP contribution in [0.25, 0.3) is 22.2 Å². The van der Waals surface area contributed by atoms with E-state index in [1.165, 1.54) is 0 Å². The highest BCUT2D eigenvalue weighted by molar-refractivity contribution is 5.97. The van der Waals surface area contributed by atoms with Gasteiger partial charge in [0.15, 0.2) is 0 Å². The number of carbonyl (C=O) groups is 1. The second kappa shape index (κ2) is 7.14. The molecule has 1 aliphatic carbocycles. The van der Waals surface area contributed by atoms with Crippen LogP contribution in [-0.2, 0) is 18.4 Å². The molecule has 28 heavy (non-hydrogen) atoms. The van der Waals surface area contributed by atoms with Crippen LogP contribution in [0.3, 0.4) is 0 Å². The van der Waals surface area contributed by atoms with Gasteiger partial charge in [0.1, 0.15) is 5.75 Å². The van der Waals surface area contributed by atoms with E-state index in [1.807, 2.05) is 50.4 Å². The molecular weight excluding hydrogens is 354 g/mol. The van der Waals surface area contributed by atoms with E-state index in [-0.39, 0.29) is 11.8 Å². The maximum Gasteiger partial charge on any atom is 0.225 e. The van der Waals surface area contributed by atoms with Gasteiger partial charge >= 0.3 is 0 Å². The summed E-state index contributed by atoms with van der Waals surface area (Å²) in [6.45, 7) is 0.415. The minimum absolute atomic E-state index is 0.113. The Morgan fingerprint density at radius 1 is 1.36 bits per heavy atom. The van der Waals surface area contributed by atoms with Crippen LogP contribution in [0.1, 0.15) is 18.4 Å². The molecule has 0 atom stereocenters. The largest absolute Gasteiger partial charge is 0.497 e. The molecule has 7 nitrogen and oxygen atoms in total. The van der Waals surface area contributed by atoms with Crippen molar-refractivity contribution in [2.45, 2.75) is 19.4 Å². The Kier molecular flexibility index (Phi) is 4.66. The Bertz CT molecular complexity index is 1040. The van der Waals surface area contributed by atoms with E-state index < -0.39 is 0 Å². The Morgan fingerprint density at radius 3 is 2.82 bits per heavy atom. The van der Waals surface area contributed by atoms with E-state index in [0.29, 0.717) is 12.5 Å². The molecule has 1 N–H and O–H groups in total. The van der Waals surface area contributed by atoms with Crippen molar-refractivity contribution in [1.82, 2.24) is 19.9 Å². The fourth-order valence-electron chi connectivity index (χ4n) is 3.33. The van der Waals surface area contributed by atoms with E-state index in [2.05, 4.69) is 21.1 Å². The molecule has 7 heteroatoms. The first-order valence-corrected chi connectivity index (χ1v) is 9.42. The van der Waals surface area contributed by atoms with Crippen molar-refractivity contribution in [2.75, 3.05) is 26.1 Å². The van der Waals surface area contributed by atoms with Gasteiger partial charge in [-0.1, -0.05) is 0 Å². The molecule has 0 spiro atoms. The van der Waals surface area contributed by atoms with Crippen LogP contribution in [-0.4, -0.2) is 41.6 Å². The van der Waals surface area contributed by atoms with Crippen LogP contribution in [0.4, 0.5) is 5.95 Å². The van der Waals surface area contributed by atoms with Crippen LogP contribution >= 0.6 is 0 Å². The topological polar surface area (TPSA) is 72.3 Å². The van der Waals surface area contributed by atoms with Crippen LogP contribution in [0, 0.1) is 5.92 Å². The maximum absolute atomic E-state index is 12.1. The molecule has 2 aromatic heterocycles. The number of aryl methyl sites for hydroxylation is 1. The van der Waals surface area contributed by atoms with Gasteiger partial charge in [0.25, 0.3) is 0 Å². The average molecular weight is 379 g/mol. The summed E-state index contributed by atoms with van der Waals surface area (Å²) in [6.07, 6.45) is 5.84. The van der Waals surface area contributed by atoms with Crippen LogP contribution < -0.4 is 15.0 Å². The molecule has 1 fully saturated rings. The summed E-state index contributed by atoms with van der Waals surface area (Å²) in [7, 11) is 7.51. The molecule has 1 saturated carbocycles. The fourth-order valence-corrected chi connectivity index (χ4v) is 3.33. The summed E-state index contributed by atoms with van der Waals surface area (Å²) in [5.74, 6) is 1.71. The van der Waals surface area contributed by atoms with Crippen molar-refractivity contribution in [2.24, 2.45) is 13.0 Å². The van der Waals surface area contributed by atoms with Gasteiger partial charge in [-0.2, -0.15) is 0 Å². The van der Waals surface area contributed by atoms with Crippen molar-refractivity contribution >= 4 is 22.8 Å². The van der Waals surface area contributed by atoms with Crippen LogP contribution in [0.5, 0.6) is 5.75 Å². The summed E-state index contributed by atoms with van der Waals surface area (Å²) in [5.41, 5.74) is 3.81. The van der Waals surface area contributed by atoms with Gasteiger partial charge in [-0.15, -0.1) is 0 Å². The number of nitrogens with zero attached hydrogens (tertiary/aromatic N) is 4. The van der Waals surface area contributed by atoms with Gasteiger partial charge in [0.2, 0.25) is 11.9 Å². The maximum atomic E-state index is 12.1. The highest BCUT2D eigenvalue weighted by Crippen LogP contribution is 2.34. The lowest BCUT2D eigenvalue weighted by Crippen LogP contribution is -2.25. The number of aromatic nitrogens is 3. The zero-order valence-corrected chi connectivity index (χ0v) is 16.7. The van der Waals surface area contributed by atoms with E-state index in [0.717, 1.165) is 46.3 Å². The first-order valence-electron chi connectivity index (χ1n) is 9.42. The highest BCUT2D eigenvalue weighted by Gasteiger charge is 2.29. The predicted octanol–water partition coefficient (Wildman–Crippen LogP) is 2.74. The van der Waals surface area contributed by atoms with E-state index >= 15 is 0 Å². The number of nitrogens with one attached hydrogen (secondary N) is 1. The minimum atomic E-state index is 0.113. The standard InChI is InChI=1S/C21H25N5O2/c1-25(2)21-23-11-14(10-22-20(27)13-5-6-13)19(24-21)17-12-26(3)18-8-7-15(28-4)9-16(17)18/h7-9,11-13H,5-6,10H2,1-4H3,(H,22,27). The summed E-state index contributed by atoms with van der Waals surface area (Å²) in [5, 5.41) is 4.09. The van der Waals surface area contributed by atoms with Gasteiger partial charge in [-0.05, 0) is 31.0 Å². The number of rotatable bonds is 6. The third-order valence-electron chi connectivity index (χ3n) is 5.10. The third-order valence-corrected chi connectivity index (χ3v) is 5.10. The monoisotopic (exact) mass is 379 g/mol. The number of hydrogen-bond donors (Lipinski definition) is 1. The lowest BCUT2D eigenvalue weighted by Gasteiger charge is -2.15. The SMILES string of the molecule is COc1ccc2c(c1)c(-c1nc(N(C)C)ncc1CNC(=O)C1CC1)cn2C. The van der Waals surface area contributed by atoms with E-state index in [9.17, 15) is 4.79 Å². The molecule has 0 bridgehead atoms. The quantitative estimate of drug-likeness (QED) is 0.713. The fraction of sp³-hybridized carbons (Fsp3) is 0.381. The Labute approximate surface area is 164 Å². The molecule has 0 radical (unpaired) electrons. The Hall–Kier alpha value is -3.09. The highest BCUT2D eigenvalue weighted by atomic mass is 16.5. The summed E-state index contributed by atoms with van der Waals surface area (Å²) in [6, 6.07) is 6.02. The minimum Gasteiger partial charge on any atom is -0.497 e. The number of methoxy groups -OCH3 is 1. The smallest absolute Gasteiger partial charge is 0.225 e. The van der Waals surface area contributed by atoms with Crippen molar-refractivity contribution in [1.29, 1.82) is 0 Å². The van der Waals surface area contributed by atoms with Gasteiger partial charge in [-0.3, -0.25) is 4.79 Å². The number of carbonyl (C=O) groups excluding carboxylic acids is 1. The summed E-state index contributed by atoms with van der Waals surface area (Å²) in [4.78, 5) is 23.3. The zero-order valence-electron chi connectivity index (χ0n) is 16.7. The van der Waals surface area contributed by atoms with Gasteiger partial charge in [0.05, 0.1) is 12.8 Å². The number of anilines is 1. The van der Waals surface area contributed by atoms with Crippen molar-refractivity contribution in [3.8, 4) is 17.0 Å². The number of benzene rings is 1. The van der Waals surface area contributed by atoms with Crippen molar-refractivity contribution < 1.29 is 9.53 Å². The van der Waals surface area contributed by atoms with Gasteiger partial charge in [-0.25, -0.2) is 9.97 Å². The van der Waals surface area contributed by atoms with Gasteiger partial charge in [0, 0.05) is 68.0 Å². The van der Waals surface area contributed by atoms with Crippen molar-refractivity contribution in [3.63, 3.8) is 0 Å². The molecule has 4 rings (SSSR count). The van der Waals surface area contributed by atoms with Crippen molar-refractivity contribution in [3.05, 3.63) is 36.2 Å². The molecule has 0 aliphatic heterocycles. The number of hydrogen-bond acceptors (Lipinski definition) is 5. The molecule has 0 saturated heterocycles. The predicted molar refractivity (Wildman–Crippen MR) is 109 cm³/mol. The first-order chi connectivity index (χ1) is 13.5. The molecule has 1 aromatic carbocycles. The lowest BCUT2D eigenvalue weighted by atomic mass is 10.1. The summed E-state index contributed by atoms with van der Waals surface area (Å²) < 4.78 is 7.50. The molecule has 3 aromatic rings. The number of ether oxygens (including phenoxy) is 1. The number of fused-ring (bicyclic) bond motifs is 1. The second-order valence-electron chi connectivity index (χ2n) is 7.47. The summed E-state index contributed by atoms with van der Waals surface area (Å²) >= 11 is 0. The van der Waals surface area contributed by atoms with Gasteiger partial charge < -0.3 is 19.5 Å². The molecule has 146 valence electrons. The average Bonchev–Trinajstić information content (AvgIpc) is 3.50. The molecule has 2 heterocycles. The van der Waals surface area contributed by atoms with E-state index in [1.54, 1.807) is 7.11 Å².